The first-order valence-corrected chi connectivity index (χ1v) is 5.41. The molecule has 0 saturated carbocycles. The minimum atomic E-state index is -0.969. The lowest BCUT2D eigenvalue weighted by atomic mass is 10.4. The Morgan fingerprint density at radius 1 is 1.08 bits per heavy atom. The summed E-state index contributed by atoms with van der Waals surface area (Å²) in [7, 11) is -0.969. The van der Waals surface area contributed by atoms with Gasteiger partial charge in [-0.2, -0.15) is 0 Å². The minimum Gasteiger partial charge on any atom is -0.332 e. The predicted molar refractivity (Wildman–Crippen MR) is 57.7 cm³/mol. The van der Waals surface area contributed by atoms with Crippen LogP contribution in [0.2, 0.25) is 0 Å². The van der Waals surface area contributed by atoms with Crippen molar-refractivity contribution >= 4 is 8.69 Å². The summed E-state index contributed by atoms with van der Waals surface area (Å²) in [4.78, 5) is 0. The highest BCUT2D eigenvalue weighted by Gasteiger charge is 1.77. The van der Waals surface area contributed by atoms with Crippen LogP contribution >= 0.6 is 8.69 Å². The average Bonchev–Trinajstić information content (AvgIpc) is 2.22. The maximum absolute atomic E-state index is 9.67. The Kier molecular flexibility index (Phi) is 10.9. The van der Waals surface area contributed by atoms with Crippen LogP contribution in [-0.2, 0) is 9.09 Å². The third kappa shape index (κ3) is 11.4. The third-order valence-electron chi connectivity index (χ3n) is 1.35. The van der Waals surface area contributed by atoms with Crippen molar-refractivity contribution in [3.05, 3.63) is 36.4 Å². The van der Waals surface area contributed by atoms with Gasteiger partial charge in [0.15, 0.2) is 8.69 Å². The summed E-state index contributed by atoms with van der Waals surface area (Å²) in [6.07, 6.45) is 2.13. The van der Waals surface area contributed by atoms with Crippen LogP contribution in [0.4, 0.5) is 0 Å². The van der Waals surface area contributed by atoms with Gasteiger partial charge in [-0.25, -0.2) is 0 Å². The Morgan fingerprint density at radius 3 is 1.85 bits per heavy atom. The Bertz CT molecular complexity index is 163. The smallest absolute Gasteiger partial charge is 0.179 e. The van der Waals surface area contributed by atoms with E-state index in [0.29, 0.717) is 6.61 Å². The number of rotatable bonds is 4. The second kappa shape index (κ2) is 11.4. The standard InChI is InChI=1S/C6H6.C4H11O2P/c1-2-4-6-5-3-1;1-2-3-4-6-7-5/h1-6H;2-4,7H2,1H3. The van der Waals surface area contributed by atoms with E-state index in [4.69, 9.17) is 0 Å². The summed E-state index contributed by atoms with van der Waals surface area (Å²) in [5, 5.41) is 0. The number of benzene rings is 1. The van der Waals surface area contributed by atoms with Gasteiger partial charge < -0.3 is 4.52 Å². The van der Waals surface area contributed by atoms with E-state index in [-0.39, 0.29) is 0 Å². The highest BCUT2D eigenvalue weighted by Crippen LogP contribution is 1.96. The summed E-state index contributed by atoms with van der Waals surface area (Å²) in [6, 6.07) is 12.0. The van der Waals surface area contributed by atoms with Gasteiger partial charge in [-0.05, 0) is 6.42 Å². The van der Waals surface area contributed by atoms with E-state index in [1.807, 2.05) is 36.4 Å². The fraction of sp³-hybridized carbons (Fsp3) is 0.400. The van der Waals surface area contributed by atoms with E-state index in [1.54, 1.807) is 0 Å². The molecule has 0 amide bonds. The van der Waals surface area contributed by atoms with Crippen LogP contribution in [0.15, 0.2) is 36.4 Å². The molecule has 1 aromatic rings. The van der Waals surface area contributed by atoms with Crippen LogP contribution < -0.4 is 0 Å². The van der Waals surface area contributed by atoms with Crippen molar-refractivity contribution in [2.45, 2.75) is 19.8 Å². The highest BCUT2D eigenvalue weighted by atomic mass is 31.1. The SMILES string of the molecule is CCCCO[PH2]=O.c1ccccc1. The summed E-state index contributed by atoms with van der Waals surface area (Å²) in [5.41, 5.74) is 0. The monoisotopic (exact) mass is 200 g/mol. The summed E-state index contributed by atoms with van der Waals surface area (Å²) >= 11 is 0. The van der Waals surface area contributed by atoms with E-state index < -0.39 is 8.69 Å². The Labute approximate surface area is 81.2 Å². The molecule has 3 heteroatoms. The molecule has 0 aromatic heterocycles. The molecule has 0 spiro atoms. The summed E-state index contributed by atoms with van der Waals surface area (Å²) in [5.74, 6) is 0. The molecule has 2 nitrogen and oxygen atoms in total. The van der Waals surface area contributed by atoms with Crippen molar-refractivity contribution in [2.75, 3.05) is 6.61 Å². The minimum absolute atomic E-state index is 0.662. The second-order valence-electron chi connectivity index (χ2n) is 2.48. The van der Waals surface area contributed by atoms with Gasteiger partial charge in [-0.1, -0.05) is 49.7 Å². The van der Waals surface area contributed by atoms with Gasteiger partial charge in [-0.15, -0.1) is 0 Å². The fourth-order valence-corrected chi connectivity index (χ4v) is 0.924. The molecule has 0 aliphatic heterocycles. The van der Waals surface area contributed by atoms with Gasteiger partial charge >= 0.3 is 0 Å². The van der Waals surface area contributed by atoms with Crippen LogP contribution in [0.5, 0.6) is 0 Å². The first kappa shape index (κ1) is 12.4. The molecule has 0 aliphatic rings. The first-order valence-electron chi connectivity index (χ1n) is 4.47. The van der Waals surface area contributed by atoms with Crippen LogP contribution in [0.3, 0.4) is 0 Å². The molecular weight excluding hydrogens is 183 g/mol. The van der Waals surface area contributed by atoms with Crippen molar-refractivity contribution in [3.8, 4) is 0 Å². The average molecular weight is 200 g/mol. The zero-order valence-electron chi connectivity index (χ0n) is 7.98. The van der Waals surface area contributed by atoms with E-state index in [9.17, 15) is 4.57 Å². The molecule has 1 unspecified atom stereocenters. The van der Waals surface area contributed by atoms with Crippen LogP contribution in [0.25, 0.3) is 0 Å². The largest absolute Gasteiger partial charge is 0.332 e. The van der Waals surface area contributed by atoms with Gasteiger partial charge in [0.2, 0.25) is 0 Å². The fourth-order valence-electron chi connectivity index (χ4n) is 0.661. The third-order valence-corrected chi connectivity index (χ3v) is 1.72. The molecule has 0 bridgehead atoms. The zero-order valence-corrected chi connectivity index (χ0v) is 9.13. The quantitative estimate of drug-likeness (QED) is 0.551. The van der Waals surface area contributed by atoms with Crippen molar-refractivity contribution in [1.29, 1.82) is 0 Å². The molecule has 0 N–H and O–H groups in total. The van der Waals surface area contributed by atoms with E-state index in [0.717, 1.165) is 12.8 Å². The highest BCUT2D eigenvalue weighted by molar-refractivity contribution is 7.17. The maximum Gasteiger partial charge on any atom is 0.179 e. The lowest BCUT2D eigenvalue weighted by molar-refractivity contribution is 0.334. The normalized spacial score (nSPS) is 9.62. The first-order chi connectivity index (χ1) is 6.41. The molecule has 1 atom stereocenters. The Morgan fingerprint density at radius 2 is 1.54 bits per heavy atom. The molecule has 0 saturated heterocycles. The van der Waals surface area contributed by atoms with Crippen LogP contribution in [0, 0.1) is 0 Å². The number of unbranched alkanes of at least 4 members (excludes halogenated alkanes) is 1. The summed E-state index contributed by atoms with van der Waals surface area (Å²) in [6.45, 7) is 2.73. The molecular formula is C10H17O2P. The van der Waals surface area contributed by atoms with Crippen LogP contribution in [-0.4, -0.2) is 6.61 Å². The molecule has 1 aromatic carbocycles. The van der Waals surface area contributed by atoms with Crippen molar-refractivity contribution in [2.24, 2.45) is 0 Å². The predicted octanol–water partition coefficient (Wildman–Crippen LogP) is 3.16. The van der Waals surface area contributed by atoms with Crippen molar-refractivity contribution in [1.82, 2.24) is 0 Å². The molecule has 0 radical (unpaired) electrons. The maximum atomic E-state index is 9.67. The van der Waals surface area contributed by atoms with E-state index in [1.165, 1.54) is 0 Å². The summed E-state index contributed by atoms with van der Waals surface area (Å²) < 4.78 is 14.3. The van der Waals surface area contributed by atoms with Gasteiger partial charge in [0.05, 0.1) is 6.61 Å². The van der Waals surface area contributed by atoms with E-state index >= 15 is 0 Å². The van der Waals surface area contributed by atoms with Crippen LogP contribution in [0.1, 0.15) is 19.8 Å². The number of hydrogen-bond acceptors (Lipinski definition) is 2. The Hall–Kier alpha value is -0.590. The molecule has 0 aliphatic carbocycles. The van der Waals surface area contributed by atoms with Gasteiger partial charge in [0, 0.05) is 0 Å². The van der Waals surface area contributed by atoms with Gasteiger partial charge in [0.25, 0.3) is 0 Å². The zero-order chi connectivity index (χ0) is 9.78. The molecule has 13 heavy (non-hydrogen) atoms. The lowest BCUT2D eigenvalue weighted by Crippen LogP contribution is -1.79. The van der Waals surface area contributed by atoms with Gasteiger partial charge in [0.1, 0.15) is 0 Å². The van der Waals surface area contributed by atoms with Gasteiger partial charge in [-0.3, -0.25) is 4.57 Å². The molecule has 0 fully saturated rings. The number of hydrogen-bond donors (Lipinski definition) is 0. The second-order valence-corrected chi connectivity index (χ2v) is 3.00. The Balaban J connectivity index is 0.000000223. The van der Waals surface area contributed by atoms with Crippen molar-refractivity contribution in [3.63, 3.8) is 0 Å². The lowest BCUT2D eigenvalue weighted by Gasteiger charge is -1.89. The van der Waals surface area contributed by atoms with E-state index in [2.05, 4.69) is 11.4 Å². The molecule has 1 rings (SSSR count). The molecule has 0 heterocycles. The van der Waals surface area contributed by atoms with Crippen molar-refractivity contribution < 1.29 is 9.09 Å². The topological polar surface area (TPSA) is 26.3 Å². The molecule has 74 valence electrons.